The van der Waals surface area contributed by atoms with Gasteiger partial charge in [-0.2, -0.15) is 0 Å². The molecule has 0 unspecified atom stereocenters. The fraction of sp³-hybridized carbons (Fsp3) is 0.333. The predicted molar refractivity (Wildman–Crippen MR) is 129 cm³/mol. The molecule has 1 aliphatic rings. The number of hydrogen-bond donors (Lipinski definition) is 0. The number of carbonyl (C=O) groups is 1. The van der Waals surface area contributed by atoms with Gasteiger partial charge in [-0.1, -0.05) is 6.42 Å². The lowest BCUT2D eigenvalue weighted by Gasteiger charge is -2.08. The van der Waals surface area contributed by atoms with Crippen molar-refractivity contribution in [3.8, 4) is 16.3 Å². The summed E-state index contributed by atoms with van der Waals surface area (Å²) >= 11 is 2.73. The van der Waals surface area contributed by atoms with E-state index in [1.165, 1.54) is 22.7 Å². The minimum Gasteiger partial charge on any atom is -0.497 e. The Labute approximate surface area is 198 Å². The van der Waals surface area contributed by atoms with Crippen LogP contribution in [0.25, 0.3) is 20.8 Å². The largest absolute Gasteiger partial charge is 0.497 e. The molecule has 0 amide bonds. The summed E-state index contributed by atoms with van der Waals surface area (Å²) in [5, 5.41) is 3.27. The Balaban J connectivity index is 1.34. The maximum absolute atomic E-state index is 13.1. The van der Waals surface area contributed by atoms with Gasteiger partial charge in [0.15, 0.2) is 0 Å². The molecule has 0 N–H and O–H groups in total. The molecule has 0 saturated carbocycles. The van der Waals surface area contributed by atoms with Crippen molar-refractivity contribution < 1.29 is 14.3 Å². The molecule has 9 heteroatoms. The summed E-state index contributed by atoms with van der Waals surface area (Å²) in [6.07, 6.45) is 3.90. The van der Waals surface area contributed by atoms with Crippen LogP contribution in [0.4, 0.5) is 0 Å². The smallest absolute Gasteiger partial charge is 0.349 e. The first-order chi connectivity index (χ1) is 16.0. The number of methoxy groups -OCH3 is 1. The highest BCUT2D eigenvalue weighted by molar-refractivity contribution is 7.20. The lowest BCUT2D eigenvalue weighted by molar-refractivity contribution is 0.0473. The molecule has 4 heterocycles. The Bertz CT molecular complexity index is 1390. The second-order valence-corrected chi connectivity index (χ2v) is 9.84. The first kappa shape index (κ1) is 21.8. The number of benzene rings is 1. The molecule has 170 valence electrons. The van der Waals surface area contributed by atoms with Crippen molar-refractivity contribution >= 4 is 38.9 Å². The number of thiazole rings is 1. The van der Waals surface area contributed by atoms with Crippen LogP contribution in [0.3, 0.4) is 0 Å². The van der Waals surface area contributed by atoms with Gasteiger partial charge in [-0.15, -0.1) is 22.7 Å². The number of fused-ring (bicyclic) bond motifs is 2. The predicted octanol–water partition coefficient (Wildman–Crippen LogP) is 4.98. The Hall–Kier alpha value is -3.04. The fourth-order valence-electron chi connectivity index (χ4n) is 4.05. The summed E-state index contributed by atoms with van der Waals surface area (Å²) < 4.78 is 12.5. The molecule has 0 spiro atoms. The fourth-order valence-corrected chi connectivity index (χ4v) is 5.94. The average Bonchev–Trinajstić information content (AvgIpc) is 3.35. The van der Waals surface area contributed by atoms with Crippen molar-refractivity contribution in [1.29, 1.82) is 0 Å². The van der Waals surface area contributed by atoms with Crippen molar-refractivity contribution in [2.75, 3.05) is 7.11 Å². The molecular formula is C24H23N3O4S2. The van der Waals surface area contributed by atoms with E-state index in [1.54, 1.807) is 18.6 Å². The number of hydrogen-bond acceptors (Lipinski definition) is 8. The number of nitrogens with zero attached hydrogens (tertiary/aromatic N) is 3. The average molecular weight is 482 g/mol. The van der Waals surface area contributed by atoms with Crippen LogP contribution in [-0.2, 0) is 24.3 Å². The first-order valence-electron chi connectivity index (χ1n) is 10.8. The first-order valence-corrected chi connectivity index (χ1v) is 12.5. The van der Waals surface area contributed by atoms with Crippen LogP contribution in [-0.4, -0.2) is 27.6 Å². The number of aromatic nitrogens is 3. The van der Waals surface area contributed by atoms with Gasteiger partial charge < -0.3 is 9.47 Å². The highest BCUT2D eigenvalue weighted by atomic mass is 32.1. The van der Waals surface area contributed by atoms with Crippen LogP contribution in [0.1, 0.15) is 46.0 Å². The SMILES string of the molecule is COc1ccc(-c2nc(COC(=O)c3sc4nc5n(c(=O)c4c3C)CCCCC5)cs2)cc1. The van der Waals surface area contributed by atoms with Crippen molar-refractivity contribution in [1.82, 2.24) is 14.5 Å². The third-order valence-corrected chi connectivity index (χ3v) is 7.94. The van der Waals surface area contributed by atoms with Gasteiger partial charge in [0, 0.05) is 23.9 Å². The quantitative estimate of drug-likeness (QED) is 0.374. The third kappa shape index (κ3) is 4.18. The van der Waals surface area contributed by atoms with Crippen molar-refractivity contribution in [2.45, 2.75) is 45.8 Å². The molecular weight excluding hydrogens is 458 g/mol. The van der Waals surface area contributed by atoms with Crippen molar-refractivity contribution in [2.24, 2.45) is 0 Å². The van der Waals surface area contributed by atoms with E-state index in [0.29, 0.717) is 32.9 Å². The number of aryl methyl sites for hydroxylation is 2. The van der Waals surface area contributed by atoms with Crippen LogP contribution in [0.15, 0.2) is 34.4 Å². The molecule has 5 rings (SSSR count). The Kier molecular flexibility index (Phi) is 5.99. The number of esters is 1. The monoisotopic (exact) mass is 481 g/mol. The molecule has 0 atom stereocenters. The lowest BCUT2D eigenvalue weighted by Crippen LogP contribution is -2.24. The van der Waals surface area contributed by atoms with E-state index in [9.17, 15) is 9.59 Å². The molecule has 7 nitrogen and oxygen atoms in total. The van der Waals surface area contributed by atoms with Crippen LogP contribution < -0.4 is 10.3 Å². The number of ether oxygens (including phenoxy) is 2. The van der Waals surface area contributed by atoms with Gasteiger partial charge in [0.25, 0.3) is 5.56 Å². The van der Waals surface area contributed by atoms with Crippen LogP contribution >= 0.6 is 22.7 Å². The van der Waals surface area contributed by atoms with Gasteiger partial charge >= 0.3 is 5.97 Å². The Morgan fingerprint density at radius 3 is 2.76 bits per heavy atom. The zero-order valence-corrected chi connectivity index (χ0v) is 20.1. The highest BCUT2D eigenvalue weighted by Gasteiger charge is 2.23. The molecule has 1 aliphatic heterocycles. The normalized spacial score (nSPS) is 13.5. The number of rotatable bonds is 5. The maximum atomic E-state index is 13.1. The summed E-state index contributed by atoms with van der Waals surface area (Å²) in [6.45, 7) is 2.56. The molecule has 1 aromatic carbocycles. The zero-order valence-electron chi connectivity index (χ0n) is 18.4. The highest BCUT2D eigenvalue weighted by Crippen LogP contribution is 2.30. The molecule has 0 radical (unpaired) electrons. The van der Waals surface area contributed by atoms with Gasteiger partial charge in [0.2, 0.25) is 0 Å². The Morgan fingerprint density at radius 2 is 1.97 bits per heavy atom. The van der Waals surface area contributed by atoms with Gasteiger partial charge in [0.05, 0.1) is 18.2 Å². The molecule has 0 saturated heterocycles. The molecule has 3 aromatic heterocycles. The van der Waals surface area contributed by atoms with Crippen LogP contribution in [0.2, 0.25) is 0 Å². The molecule has 0 bridgehead atoms. The van der Waals surface area contributed by atoms with E-state index in [-0.39, 0.29) is 12.2 Å². The summed E-state index contributed by atoms with van der Waals surface area (Å²) in [5.74, 6) is 1.16. The third-order valence-electron chi connectivity index (χ3n) is 5.84. The van der Waals surface area contributed by atoms with Gasteiger partial charge in [-0.3, -0.25) is 9.36 Å². The Morgan fingerprint density at radius 1 is 1.15 bits per heavy atom. The van der Waals surface area contributed by atoms with Gasteiger partial charge in [0.1, 0.15) is 32.9 Å². The topological polar surface area (TPSA) is 83.3 Å². The minimum absolute atomic E-state index is 0.0478. The van der Waals surface area contributed by atoms with Gasteiger partial charge in [-0.25, -0.2) is 14.8 Å². The van der Waals surface area contributed by atoms with E-state index in [4.69, 9.17) is 14.5 Å². The van der Waals surface area contributed by atoms with E-state index in [0.717, 1.165) is 47.8 Å². The summed E-state index contributed by atoms with van der Waals surface area (Å²) in [7, 11) is 1.63. The molecule has 0 aliphatic carbocycles. The lowest BCUT2D eigenvalue weighted by atomic mass is 10.2. The van der Waals surface area contributed by atoms with Crippen molar-refractivity contribution in [3.63, 3.8) is 0 Å². The van der Waals surface area contributed by atoms with E-state index >= 15 is 0 Å². The molecule has 33 heavy (non-hydrogen) atoms. The van der Waals surface area contributed by atoms with E-state index < -0.39 is 5.97 Å². The van der Waals surface area contributed by atoms with Crippen molar-refractivity contribution in [3.05, 3.63) is 62.0 Å². The second kappa shape index (κ2) is 9.07. The molecule has 0 fully saturated rings. The van der Waals surface area contributed by atoms with E-state index in [1.807, 2.05) is 29.6 Å². The van der Waals surface area contributed by atoms with Crippen LogP contribution in [0.5, 0.6) is 5.75 Å². The van der Waals surface area contributed by atoms with E-state index in [2.05, 4.69) is 4.98 Å². The summed E-state index contributed by atoms with van der Waals surface area (Å²) in [4.78, 5) is 36.3. The minimum atomic E-state index is -0.450. The number of carbonyl (C=O) groups excluding carboxylic acids is 1. The maximum Gasteiger partial charge on any atom is 0.349 e. The van der Waals surface area contributed by atoms with Gasteiger partial charge in [-0.05, 0) is 49.6 Å². The number of thiophene rings is 1. The van der Waals surface area contributed by atoms with Crippen LogP contribution in [0, 0.1) is 6.92 Å². The zero-order chi connectivity index (χ0) is 22.9. The summed E-state index contributed by atoms with van der Waals surface area (Å²) in [6, 6.07) is 7.66. The standard InChI is InChI=1S/C24H23N3O4S2/c1-14-19-22(26-18-6-4-3-5-11-27(18)23(19)28)33-20(14)24(29)31-12-16-13-32-21(25-16)15-7-9-17(30-2)10-8-15/h7-10,13H,3-6,11-12H2,1-2H3. The second-order valence-electron chi connectivity index (χ2n) is 7.98. The summed E-state index contributed by atoms with van der Waals surface area (Å²) in [5.41, 5.74) is 2.26. The molecule has 4 aromatic rings.